The molecule has 0 radical (unpaired) electrons. The molecule has 4 rings (SSSR count). The lowest BCUT2D eigenvalue weighted by Crippen LogP contribution is -2.14. The molecule has 4 nitrogen and oxygen atoms in total. The molecule has 1 aliphatic rings. The summed E-state index contributed by atoms with van der Waals surface area (Å²) < 4.78 is 40.9. The number of aliphatic hydroxyl groups is 1. The van der Waals surface area contributed by atoms with Crippen molar-refractivity contribution in [1.82, 2.24) is 3.97 Å². The van der Waals surface area contributed by atoms with E-state index in [1.165, 1.54) is 22.3 Å². The zero-order chi connectivity index (χ0) is 18.3. The SMILES string of the molecule is O=S(=O)(c1ccc(F)cc1)n1cc(CO)c2c1-c1ccccc1CCC2. The van der Waals surface area contributed by atoms with Crippen molar-refractivity contribution in [2.75, 3.05) is 0 Å². The van der Waals surface area contributed by atoms with Crippen LogP contribution in [-0.2, 0) is 29.5 Å². The van der Waals surface area contributed by atoms with Crippen molar-refractivity contribution >= 4 is 10.0 Å². The van der Waals surface area contributed by atoms with Crippen LogP contribution in [0.5, 0.6) is 0 Å². The number of aliphatic hydroxyl groups excluding tert-OH is 1. The summed E-state index contributed by atoms with van der Waals surface area (Å²) in [5.41, 5.74) is 4.03. The van der Waals surface area contributed by atoms with E-state index < -0.39 is 15.8 Å². The van der Waals surface area contributed by atoms with Crippen LogP contribution < -0.4 is 0 Å². The molecule has 0 bridgehead atoms. The fourth-order valence-electron chi connectivity index (χ4n) is 3.60. The van der Waals surface area contributed by atoms with Crippen molar-refractivity contribution in [3.05, 3.63) is 77.2 Å². The van der Waals surface area contributed by atoms with E-state index in [-0.39, 0.29) is 11.5 Å². The molecule has 1 aliphatic carbocycles. The minimum atomic E-state index is -3.91. The van der Waals surface area contributed by atoms with Crippen molar-refractivity contribution in [1.29, 1.82) is 0 Å². The van der Waals surface area contributed by atoms with Gasteiger partial charge in [-0.1, -0.05) is 24.3 Å². The lowest BCUT2D eigenvalue weighted by atomic mass is 10.0. The molecule has 0 spiro atoms. The summed E-state index contributed by atoms with van der Waals surface area (Å²) in [7, 11) is -3.91. The Hall–Kier alpha value is -2.44. The fourth-order valence-corrected chi connectivity index (χ4v) is 5.02. The van der Waals surface area contributed by atoms with Crippen LogP contribution in [0, 0.1) is 5.82 Å². The van der Waals surface area contributed by atoms with Crippen molar-refractivity contribution in [3.63, 3.8) is 0 Å². The van der Waals surface area contributed by atoms with Gasteiger partial charge in [0, 0.05) is 17.3 Å². The number of nitrogens with zero attached hydrogens (tertiary/aromatic N) is 1. The molecule has 0 fully saturated rings. The highest BCUT2D eigenvalue weighted by Crippen LogP contribution is 2.37. The number of benzene rings is 2. The second-order valence-electron chi connectivity index (χ2n) is 6.41. The lowest BCUT2D eigenvalue weighted by Gasteiger charge is -2.13. The predicted molar refractivity (Wildman–Crippen MR) is 96.8 cm³/mol. The molecule has 6 heteroatoms. The normalized spacial score (nSPS) is 13.8. The van der Waals surface area contributed by atoms with Gasteiger partial charge in [0.2, 0.25) is 0 Å². The molecule has 0 amide bonds. The van der Waals surface area contributed by atoms with Crippen molar-refractivity contribution in [2.45, 2.75) is 30.8 Å². The Morgan fingerprint density at radius 2 is 1.77 bits per heavy atom. The van der Waals surface area contributed by atoms with Crippen LogP contribution in [0.1, 0.15) is 23.1 Å². The summed E-state index contributed by atoms with van der Waals surface area (Å²) in [5, 5.41) is 9.76. The summed E-state index contributed by atoms with van der Waals surface area (Å²) in [4.78, 5) is 0.0166. The van der Waals surface area contributed by atoms with Crippen LogP contribution in [0.15, 0.2) is 59.6 Å². The molecule has 1 aromatic heterocycles. The first-order chi connectivity index (χ1) is 12.5. The topological polar surface area (TPSA) is 59.3 Å². The summed E-state index contributed by atoms with van der Waals surface area (Å²) in [6.07, 6.45) is 3.93. The highest BCUT2D eigenvalue weighted by Gasteiger charge is 2.28. The van der Waals surface area contributed by atoms with Crippen LogP contribution in [0.3, 0.4) is 0 Å². The van der Waals surface area contributed by atoms with Gasteiger partial charge in [-0.15, -0.1) is 0 Å². The summed E-state index contributed by atoms with van der Waals surface area (Å²) >= 11 is 0. The highest BCUT2D eigenvalue weighted by atomic mass is 32.2. The summed E-state index contributed by atoms with van der Waals surface area (Å²) in [5.74, 6) is -0.489. The van der Waals surface area contributed by atoms with Crippen LogP contribution in [0.4, 0.5) is 4.39 Å². The third kappa shape index (κ3) is 2.66. The van der Waals surface area contributed by atoms with Crippen LogP contribution in [-0.4, -0.2) is 17.5 Å². The molecule has 0 atom stereocenters. The fraction of sp³-hybridized carbons (Fsp3) is 0.200. The van der Waals surface area contributed by atoms with Gasteiger partial charge in [-0.05, 0) is 54.7 Å². The van der Waals surface area contributed by atoms with Crippen LogP contribution in [0.25, 0.3) is 11.3 Å². The first-order valence-electron chi connectivity index (χ1n) is 8.46. The number of fused-ring (bicyclic) bond motifs is 3. The number of aryl methyl sites for hydroxylation is 1. The Kier molecular flexibility index (Phi) is 4.17. The second-order valence-corrected chi connectivity index (χ2v) is 8.22. The molecule has 0 saturated heterocycles. The molecule has 3 aromatic rings. The third-order valence-corrected chi connectivity index (χ3v) is 6.53. The Bertz CT molecular complexity index is 1070. The first kappa shape index (κ1) is 17.0. The number of rotatable bonds is 3. The average Bonchev–Trinajstić information content (AvgIpc) is 2.91. The van der Waals surface area contributed by atoms with E-state index >= 15 is 0 Å². The minimum absolute atomic E-state index is 0.0166. The maximum absolute atomic E-state index is 13.2. The van der Waals surface area contributed by atoms with Crippen LogP contribution in [0.2, 0.25) is 0 Å². The van der Waals surface area contributed by atoms with E-state index in [1.54, 1.807) is 0 Å². The van der Waals surface area contributed by atoms with Crippen LogP contribution >= 0.6 is 0 Å². The number of hydrogen-bond acceptors (Lipinski definition) is 3. The van der Waals surface area contributed by atoms with Crippen molar-refractivity contribution in [2.24, 2.45) is 0 Å². The zero-order valence-electron chi connectivity index (χ0n) is 14.0. The summed E-state index contributed by atoms with van der Waals surface area (Å²) in [6, 6.07) is 12.5. The van der Waals surface area contributed by atoms with Gasteiger partial charge in [0.15, 0.2) is 0 Å². The monoisotopic (exact) mass is 371 g/mol. The molecular formula is C20H18FNO3S. The van der Waals surface area contributed by atoms with E-state index in [0.29, 0.717) is 17.7 Å². The third-order valence-electron chi connectivity index (χ3n) is 4.85. The first-order valence-corrected chi connectivity index (χ1v) is 9.90. The van der Waals surface area contributed by atoms with Crippen molar-refractivity contribution < 1.29 is 17.9 Å². The number of hydrogen-bond donors (Lipinski definition) is 1. The molecule has 2 aromatic carbocycles. The van der Waals surface area contributed by atoms with E-state index in [9.17, 15) is 17.9 Å². The van der Waals surface area contributed by atoms with Gasteiger partial charge in [-0.3, -0.25) is 0 Å². The molecule has 26 heavy (non-hydrogen) atoms. The maximum atomic E-state index is 13.2. The van der Waals surface area contributed by atoms with Crippen molar-refractivity contribution in [3.8, 4) is 11.3 Å². The van der Waals surface area contributed by atoms with Gasteiger partial charge >= 0.3 is 0 Å². The molecule has 0 unspecified atom stereocenters. The largest absolute Gasteiger partial charge is 0.392 e. The smallest absolute Gasteiger partial charge is 0.268 e. The Morgan fingerprint density at radius 3 is 2.50 bits per heavy atom. The lowest BCUT2D eigenvalue weighted by molar-refractivity contribution is 0.281. The molecule has 1 heterocycles. The molecule has 0 saturated carbocycles. The number of halogens is 1. The van der Waals surface area contributed by atoms with Gasteiger partial charge in [-0.2, -0.15) is 0 Å². The maximum Gasteiger partial charge on any atom is 0.268 e. The highest BCUT2D eigenvalue weighted by molar-refractivity contribution is 7.90. The quantitative estimate of drug-likeness (QED) is 0.766. The standard InChI is InChI=1S/C20H18FNO3S/c21-16-8-10-17(11-9-16)26(24,25)22-12-15(13-23)19-7-3-5-14-4-1-2-6-18(14)20(19)22/h1-2,4,6,8-12,23H,3,5,7,13H2. The number of aromatic nitrogens is 1. The Morgan fingerprint density at radius 1 is 1.04 bits per heavy atom. The Balaban J connectivity index is 2.00. The molecule has 0 aliphatic heterocycles. The van der Waals surface area contributed by atoms with E-state index in [4.69, 9.17) is 0 Å². The van der Waals surface area contributed by atoms with E-state index in [1.807, 2.05) is 24.3 Å². The predicted octanol–water partition coefficient (Wildman–Crippen LogP) is 3.51. The average molecular weight is 371 g/mol. The van der Waals surface area contributed by atoms with Gasteiger partial charge in [0.25, 0.3) is 10.0 Å². The Labute approximate surface area is 151 Å². The van der Waals surface area contributed by atoms with Gasteiger partial charge < -0.3 is 5.11 Å². The van der Waals surface area contributed by atoms with Gasteiger partial charge in [0.05, 0.1) is 17.2 Å². The summed E-state index contributed by atoms with van der Waals surface area (Å²) in [6.45, 7) is -0.226. The van der Waals surface area contributed by atoms with E-state index in [0.717, 1.165) is 41.7 Å². The zero-order valence-corrected chi connectivity index (χ0v) is 14.8. The van der Waals surface area contributed by atoms with E-state index in [2.05, 4.69) is 0 Å². The van der Waals surface area contributed by atoms with Gasteiger partial charge in [-0.25, -0.2) is 16.8 Å². The van der Waals surface area contributed by atoms with Gasteiger partial charge in [0.1, 0.15) is 5.82 Å². The minimum Gasteiger partial charge on any atom is -0.392 e. The molecule has 1 N–H and O–H groups in total. The molecule has 134 valence electrons. The second kappa shape index (κ2) is 6.37. The molecular weight excluding hydrogens is 353 g/mol.